The van der Waals surface area contributed by atoms with Crippen LogP contribution in [0.2, 0.25) is 0 Å². The molecule has 0 atom stereocenters. The molecule has 0 aliphatic rings. The van der Waals surface area contributed by atoms with Gasteiger partial charge in [-0.15, -0.1) is 0 Å². The summed E-state index contributed by atoms with van der Waals surface area (Å²) in [5, 5.41) is 0.871. The molecule has 0 spiro atoms. The quantitative estimate of drug-likeness (QED) is 0.718. The second kappa shape index (κ2) is 4.77. The van der Waals surface area contributed by atoms with Gasteiger partial charge in [-0.1, -0.05) is 0 Å². The third-order valence-corrected chi connectivity index (χ3v) is 3.26. The molecule has 0 saturated heterocycles. The third kappa shape index (κ3) is 2.14. The maximum atomic E-state index is 12.5. The van der Waals surface area contributed by atoms with E-state index in [9.17, 15) is 4.79 Å². The average molecular weight is 269 g/mol. The number of hydrogen-bond acceptors (Lipinski definition) is 3. The molecule has 1 amide bonds. The Morgan fingerprint density at radius 3 is 3.00 bits per heavy atom. The SMILES string of the molecule is CN(Cc1ccco1)C(=O)c1c[nH]c2cc(N)ccc12. The predicted octanol–water partition coefficient (Wildman–Crippen LogP) is 2.62. The lowest BCUT2D eigenvalue weighted by Crippen LogP contribution is -2.25. The Morgan fingerprint density at radius 2 is 2.25 bits per heavy atom. The monoisotopic (exact) mass is 269 g/mol. The topological polar surface area (TPSA) is 75.3 Å². The molecule has 3 N–H and O–H groups in total. The Labute approximate surface area is 116 Å². The fraction of sp³-hybridized carbons (Fsp3) is 0.133. The highest BCUT2D eigenvalue weighted by Gasteiger charge is 2.17. The summed E-state index contributed by atoms with van der Waals surface area (Å²) < 4.78 is 5.26. The van der Waals surface area contributed by atoms with Crippen LogP contribution in [0, 0.1) is 0 Å². The summed E-state index contributed by atoms with van der Waals surface area (Å²) >= 11 is 0. The van der Waals surface area contributed by atoms with Crippen LogP contribution in [0.1, 0.15) is 16.1 Å². The normalized spacial score (nSPS) is 10.8. The number of aromatic amines is 1. The third-order valence-electron chi connectivity index (χ3n) is 3.26. The number of aromatic nitrogens is 1. The van der Waals surface area contributed by atoms with Crippen LogP contribution in [0.3, 0.4) is 0 Å². The lowest BCUT2D eigenvalue weighted by atomic mass is 10.1. The number of fused-ring (bicyclic) bond motifs is 1. The summed E-state index contributed by atoms with van der Waals surface area (Å²) in [5.41, 5.74) is 7.89. The summed E-state index contributed by atoms with van der Waals surface area (Å²) in [5.74, 6) is 0.697. The molecule has 2 heterocycles. The summed E-state index contributed by atoms with van der Waals surface area (Å²) in [6.45, 7) is 0.438. The van der Waals surface area contributed by atoms with Crippen molar-refractivity contribution in [2.75, 3.05) is 12.8 Å². The molecule has 0 aliphatic carbocycles. The molecular weight excluding hydrogens is 254 g/mol. The first-order chi connectivity index (χ1) is 9.65. The van der Waals surface area contributed by atoms with Crippen molar-refractivity contribution in [3.05, 3.63) is 54.1 Å². The van der Waals surface area contributed by atoms with E-state index in [1.54, 1.807) is 30.5 Å². The molecule has 0 unspecified atom stereocenters. The molecule has 20 heavy (non-hydrogen) atoms. The zero-order valence-corrected chi connectivity index (χ0v) is 11.1. The van der Waals surface area contributed by atoms with Gasteiger partial charge >= 0.3 is 0 Å². The average Bonchev–Trinajstić information content (AvgIpc) is 3.06. The van der Waals surface area contributed by atoms with E-state index in [0.29, 0.717) is 17.8 Å². The first kappa shape index (κ1) is 12.3. The number of H-pyrrole nitrogens is 1. The van der Waals surface area contributed by atoms with Crippen molar-refractivity contribution in [1.29, 1.82) is 0 Å². The van der Waals surface area contributed by atoms with Gasteiger partial charge in [0.2, 0.25) is 0 Å². The molecule has 5 heteroatoms. The molecule has 0 bridgehead atoms. The van der Waals surface area contributed by atoms with Crippen LogP contribution in [-0.2, 0) is 6.54 Å². The number of benzene rings is 1. The summed E-state index contributed by atoms with van der Waals surface area (Å²) in [6, 6.07) is 9.12. The molecule has 3 aromatic rings. The highest BCUT2D eigenvalue weighted by Crippen LogP contribution is 2.22. The van der Waals surface area contributed by atoms with Crippen LogP contribution < -0.4 is 5.73 Å². The zero-order chi connectivity index (χ0) is 14.1. The summed E-state index contributed by atoms with van der Waals surface area (Å²) in [4.78, 5) is 17.2. The van der Waals surface area contributed by atoms with Gasteiger partial charge in [-0.3, -0.25) is 4.79 Å². The standard InChI is InChI=1S/C15H15N3O2/c1-18(9-11-3-2-6-20-11)15(19)13-8-17-14-7-10(16)4-5-12(13)14/h2-8,17H,9,16H2,1H3. The van der Waals surface area contributed by atoms with Crippen LogP contribution >= 0.6 is 0 Å². The van der Waals surface area contributed by atoms with Crippen molar-refractivity contribution in [1.82, 2.24) is 9.88 Å². The number of anilines is 1. The second-order valence-electron chi connectivity index (χ2n) is 4.75. The van der Waals surface area contributed by atoms with E-state index in [1.807, 2.05) is 24.3 Å². The van der Waals surface area contributed by atoms with E-state index >= 15 is 0 Å². The molecule has 3 rings (SSSR count). The maximum Gasteiger partial charge on any atom is 0.256 e. The van der Waals surface area contributed by atoms with Crippen LogP contribution in [0.5, 0.6) is 0 Å². The van der Waals surface area contributed by atoms with Crippen molar-refractivity contribution in [2.45, 2.75) is 6.54 Å². The number of furan rings is 1. The summed E-state index contributed by atoms with van der Waals surface area (Å²) in [6.07, 6.45) is 3.31. The molecule has 0 saturated carbocycles. The van der Waals surface area contributed by atoms with E-state index in [2.05, 4.69) is 4.98 Å². The Balaban J connectivity index is 1.88. The van der Waals surface area contributed by atoms with Crippen molar-refractivity contribution in [2.24, 2.45) is 0 Å². The molecule has 102 valence electrons. The number of carbonyl (C=O) groups is 1. The smallest absolute Gasteiger partial charge is 0.256 e. The minimum absolute atomic E-state index is 0.0579. The predicted molar refractivity (Wildman–Crippen MR) is 77.2 cm³/mol. The van der Waals surface area contributed by atoms with Crippen LogP contribution in [0.25, 0.3) is 10.9 Å². The van der Waals surface area contributed by atoms with Gasteiger partial charge < -0.3 is 20.0 Å². The number of amides is 1. The van der Waals surface area contributed by atoms with E-state index in [1.165, 1.54) is 0 Å². The van der Waals surface area contributed by atoms with Gasteiger partial charge in [0, 0.05) is 29.8 Å². The molecule has 0 aliphatic heterocycles. The molecule has 0 fully saturated rings. The largest absolute Gasteiger partial charge is 0.467 e. The fourth-order valence-corrected chi connectivity index (χ4v) is 2.23. The van der Waals surface area contributed by atoms with Gasteiger partial charge in [-0.05, 0) is 30.3 Å². The lowest BCUT2D eigenvalue weighted by Gasteiger charge is -2.15. The van der Waals surface area contributed by atoms with E-state index in [-0.39, 0.29) is 5.91 Å². The van der Waals surface area contributed by atoms with Gasteiger partial charge in [-0.25, -0.2) is 0 Å². The van der Waals surface area contributed by atoms with E-state index in [4.69, 9.17) is 10.2 Å². The van der Waals surface area contributed by atoms with Crippen molar-refractivity contribution < 1.29 is 9.21 Å². The number of rotatable bonds is 3. The van der Waals surface area contributed by atoms with Crippen molar-refractivity contribution in [3.8, 4) is 0 Å². The lowest BCUT2D eigenvalue weighted by molar-refractivity contribution is 0.0777. The molecule has 1 aromatic carbocycles. The van der Waals surface area contributed by atoms with E-state index < -0.39 is 0 Å². The Hall–Kier alpha value is -2.69. The van der Waals surface area contributed by atoms with Crippen LogP contribution in [0.4, 0.5) is 5.69 Å². The van der Waals surface area contributed by atoms with Crippen LogP contribution in [0.15, 0.2) is 47.2 Å². The minimum Gasteiger partial charge on any atom is -0.467 e. The van der Waals surface area contributed by atoms with Gasteiger partial charge in [-0.2, -0.15) is 0 Å². The second-order valence-corrected chi connectivity index (χ2v) is 4.75. The van der Waals surface area contributed by atoms with E-state index in [0.717, 1.165) is 16.7 Å². The highest BCUT2D eigenvalue weighted by molar-refractivity contribution is 6.07. The summed E-state index contributed by atoms with van der Waals surface area (Å²) in [7, 11) is 1.75. The maximum absolute atomic E-state index is 12.5. The Bertz CT molecular complexity index is 744. The van der Waals surface area contributed by atoms with Gasteiger partial charge in [0.25, 0.3) is 5.91 Å². The Kier molecular flexibility index (Phi) is 2.95. The first-order valence-corrected chi connectivity index (χ1v) is 6.29. The number of nitrogens with two attached hydrogens (primary N) is 1. The van der Waals surface area contributed by atoms with Crippen molar-refractivity contribution in [3.63, 3.8) is 0 Å². The van der Waals surface area contributed by atoms with Gasteiger partial charge in [0.1, 0.15) is 5.76 Å². The van der Waals surface area contributed by atoms with Gasteiger partial charge in [0.15, 0.2) is 0 Å². The van der Waals surface area contributed by atoms with Crippen LogP contribution in [-0.4, -0.2) is 22.8 Å². The number of nitrogens with zero attached hydrogens (tertiary/aromatic N) is 1. The number of carbonyl (C=O) groups excluding carboxylic acids is 1. The molecule has 2 aromatic heterocycles. The molecular formula is C15H15N3O2. The first-order valence-electron chi connectivity index (χ1n) is 6.29. The molecule has 0 radical (unpaired) electrons. The minimum atomic E-state index is -0.0579. The molecule has 5 nitrogen and oxygen atoms in total. The number of hydrogen-bond donors (Lipinski definition) is 2. The fourth-order valence-electron chi connectivity index (χ4n) is 2.23. The van der Waals surface area contributed by atoms with Crippen molar-refractivity contribution >= 4 is 22.5 Å². The number of nitrogen functional groups attached to an aromatic ring is 1. The van der Waals surface area contributed by atoms with Gasteiger partial charge in [0.05, 0.1) is 18.4 Å². The Morgan fingerprint density at radius 1 is 1.40 bits per heavy atom. The number of nitrogens with one attached hydrogen (secondary N) is 1. The highest BCUT2D eigenvalue weighted by atomic mass is 16.3. The zero-order valence-electron chi connectivity index (χ0n) is 11.1.